The number of ketones is 1. The van der Waals surface area contributed by atoms with Gasteiger partial charge < -0.3 is 9.64 Å². The van der Waals surface area contributed by atoms with Gasteiger partial charge >= 0.3 is 5.97 Å². The lowest BCUT2D eigenvalue weighted by Gasteiger charge is -2.22. The third-order valence-corrected chi connectivity index (χ3v) is 4.27. The van der Waals surface area contributed by atoms with Crippen LogP contribution in [0.25, 0.3) is 0 Å². The largest absolute Gasteiger partial charge is 0.469 e. The van der Waals surface area contributed by atoms with Gasteiger partial charge in [-0.15, -0.1) is 0 Å². The highest BCUT2D eigenvalue weighted by Crippen LogP contribution is 2.13. The van der Waals surface area contributed by atoms with Crippen LogP contribution in [0, 0.1) is 0 Å². The van der Waals surface area contributed by atoms with Crippen LogP contribution in [0.1, 0.15) is 35.2 Å². The van der Waals surface area contributed by atoms with E-state index in [-0.39, 0.29) is 43.5 Å². The summed E-state index contributed by atoms with van der Waals surface area (Å²) >= 11 is 5.82. The molecule has 2 aromatic rings. The lowest BCUT2D eigenvalue weighted by molar-refractivity contribution is -0.142. The van der Waals surface area contributed by atoms with Crippen molar-refractivity contribution in [1.29, 1.82) is 0 Å². The van der Waals surface area contributed by atoms with Crippen molar-refractivity contribution in [3.63, 3.8) is 0 Å². The number of ether oxygens (including phenoxy) is 1. The number of hydrogen-bond acceptors (Lipinski definition) is 5. The fraction of sp³-hybridized carbons (Fsp3) is 0.300. The molecule has 1 aromatic heterocycles. The molecule has 0 aliphatic rings. The third-order valence-electron chi connectivity index (χ3n) is 4.02. The first kappa shape index (κ1) is 20.6. The lowest BCUT2D eigenvalue weighted by atomic mass is 10.1. The number of amides is 1. The Balaban J connectivity index is 1.97. The second-order valence-corrected chi connectivity index (χ2v) is 6.36. The number of Topliss-reactive ketones (excluding diaryl/α,β-unsaturated/α-hetero) is 1. The molecule has 0 bridgehead atoms. The second kappa shape index (κ2) is 10.4. The summed E-state index contributed by atoms with van der Waals surface area (Å²) in [6.45, 7) is 0.566. The molecule has 0 fully saturated rings. The van der Waals surface area contributed by atoms with Gasteiger partial charge in [0.1, 0.15) is 0 Å². The van der Waals surface area contributed by atoms with E-state index >= 15 is 0 Å². The number of methoxy groups -OCH3 is 1. The molecule has 0 unspecified atom stereocenters. The van der Waals surface area contributed by atoms with E-state index in [1.165, 1.54) is 7.11 Å². The molecule has 7 heteroatoms. The molecule has 2 rings (SSSR count). The molecule has 0 aliphatic heterocycles. The Morgan fingerprint density at radius 1 is 1.00 bits per heavy atom. The Morgan fingerprint density at radius 2 is 1.67 bits per heavy atom. The number of carbonyl (C=O) groups excluding carboxylic acids is 3. The Bertz CT molecular complexity index is 778. The zero-order valence-electron chi connectivity index (χ0n) is 15.1. The van der Waals surface area contributed by atoms with Gasteiger partial charge in [0.05, 0.1) is 13.5 Å². The number of benzene rings is 1. The van der Waals surface area contributed by atoms with Crippen LogP contribution in [0.15, 0.2) is 48.8 Å². The molecule has 0 saturated heterocycles. The lowest BCUT2D eigenvalue weighted by Crippen LogP contribution is -2.33. The van der Waals surface area contributed by atoms with E-state index in [1.54, 1.807) is 53.7 Å². The maximum atomic E-state index is 12.6. The molecule has 0 spiro atoms. The highest BCUT2D eigenvalue weighted by atomic mass is 35.5. The summed E-state index contributed by atoms with van der Waals surface area (Å²) in [7, 11) is 1.31. The summed E-state index contributed by atoms with van der Waals surface area (Å²) in [5, 5.41) is 0.550. The van der Waals surface area contributed by atoms with Crippen LogP contribution in [0.5, 0.6) is 0 Å². The topological polar surface area (TPSA) is 76.6 Å². The molecule has 142 valence electrons. The van der Waals surface area contributed by atoms with Gasteiger partial charge in [0.15, 0.2) is 5.78 Å². The molecule has 1 aromatic carbocycles. The predicted octanol–water partition coefficient (Wildman–Crippen LogP) is 3.29. The van der Waals surface area contributed by atoms with Crippen LogP contribution in [-0.4, -0.2) is 41.2 Å². The molecule has 1 amide bonds. The first-order valence-corrected chi connectivity index (χ1v) is 8.89. The third kappa shape index (κ3) is 6.83. The highest BCUT2D eigenvalue weighted by Gasteiger charge is 2.17. The molecule has 0 N–H and O–H groups in total. The Hall–Kier alpha value is -2.73. The smallest absolute Gasteiger partial charge is 0.307 e. The quantitative estimate of drug-likeness (QED) is 0.486. The standard InChI is InChI=1S/C20H21ClN2O4/c1-27-20(26)10-13-23(14-15-8-11-22-12-9-15)19(25)7-6-18(24)16-2-4-17(21)5-3-16/h2-5,8-9,11-12H,6-7,10,13-14H2,1H3. The van der Waals surface area contributed by atoms with Crippen molar-refractivity contribution in [2.75, 3.05) is 13.7 Å². The van der Waals surface area contributed by atoms with Crippen molar-refractivity contribution in [3.8, 4) is 0 Å². The molecule has 0 aliphatic carbocycles. The average molecular weight is 389 g/mol. The van der Waals surface area contributed by atoms with Crippen molar-refractivity contribution in [2.24, 2.45) is 0 Å². The van der Waals surface area contributed by atoms with E-state index in [2.05, 4.69) is 9.72 Å². The number of pyridine rings is 1. The minimum absolute atomic E-state index is 0.0632. The van der Waals surface area contributed by atoms with Crippen LogP contribution in [-0.2, 0) is 20.9 Å². The second-order valence-electron chi connectivity index (χ2n) is 5.93. The molecule has 0 saturated carbocycles. The zero-order chi connectivity index (χ0) is 19.6. The van der Waals surface area contributed by atoms with Gasteiger partial charge in [0, 0.05) is 48.9 Å². The Labute approximate surface area is 163 Å². The van der Waals surface area contributed by atoms with Gasteiger partial charge in [-0.25, -0.2) is 0 Å². The van der Waals surface area contributed by atoms with E-state index in [0.29, 0.717) is 17.1 Å². The molecule has 27 heavy (non-hydrogen) atoms. The van der Waals surface area contributed by atoms with Gasteiger partial charge in [0.2, 0.25) is 5.91 Å². The molecular weight excluding hydrogens is 368 g/mol. The van der Waals surface area contributed by atoms with Crippen molar-refractivity contribution in [1.82, 2.24) is 9.88 Å². The van der Waals surface area contributed by atoms with Crippen molar-refractivity contribution >= 4 is 29.3 Å². The number of esters is 1. The molecule has 0 radical (unpaired) electrons. The summed E-state index contributed by atoms with van der Waals surface area (Å²) in [6, 6.07) is 10.2. The van der Waals surface area contributed by atoms with E-state index in [9.17, 15) is 14.4 Å². The van der Waals surface area contributed by atoms with Gasteiger partial charge in [-0.05, 0) is 42.0 Å². The summed E-state index contributed by atoms with van der Waals surface area (Å²) in [6.07, 6.45) is 3.53. The fourth-order valence-corrected chi connectivity index (χ4v) is 2.61. The predicted molar refractivity (Wildman–Crippen MR) is 101 cm³/mol. The van der Waals surface area contributed by atoms with Gasteiger partial charge in [0.25, 0.3) is 0 Å². The normalized spacial score (nSPS) is 10.3. The summed E-state index contributed by atoms with van der Waals surface area (Å²) < 4.78 is 4.64. The SMILES string of the molecule is COC(=O)CCN(Cc1ccncc1)C(=O)CCC(=O)c1ccc(Cl)cc1. The van der Waals surface area contributed by atoms with Gasteiger partial charge in [-0.2, -0.15) is 0 Å². The molecule has 0 atom stereocenters. The van der Waals surface area contributed by atoms with Crippen LogP contribution in [0.3, 0.4) is 0 Å². The monoisotopic (exact) mass is 388 g/mol. The van der Waals surface area contributed by atoms with Crippen molar-refractivity contribution < 1.29 is 19.1 Å². The molecule has 6 nitrogen and oxygen atoms in total. The number of halogens is 1. The van der Waals surface area contributed by atoms with Gasteiger partial charge in [-0.1, -0.05) is 11.6 Å². The maximum Gasteiger partial charge on any atom is 0.307 e. The minimum atomic E-state index is -0.389. The number of aromatic nitrogens is 1. The molecular formula is C20H21ClN2O4. The highest BCUT2D eigenvalue weighted by molar-refractivity contribution is 6.30. The van der Waals surface area contributed by atoms with E-state index in [0.717, 1.165) is 5.56 Å². The van der Waals surface area contributed by atoms with Crippen LogP contribution >= 0.6 is 11.6 Å². The van der Waals surface area contributed by atoms with Crippen molar-refractivity contribution in [2.45, 2.75) is 25.8 Å². The van der Waals surface area contributed by atoms with E-state index < -0.39 is 0 Å². The number of rotatable bonds is 9. The van der Waals surface area contributed by atoms with E-state index in [1.807, 2.05) is 0 Å². The molecule has 1 heterocycles. The Kier molecular flexibility index (Phi) is 7.95. The number of carbonyl (C=O) groups is 3. The number of nitrogens with zero attached hydrogens (tertiary/aromatic N) is 2. The first-order chi connectivity index (χ1) is 13.0. The zero-order valence-corrected chi connectivity index (χ0v) is 15.8. The summed E-state index contributed by atoms with van der Waals surface area (Å²) in [5.41, 5.74) is 1.41. The van der Waals surface area contributed by atoms with E-state index in [4.69, 9.17) is 11.6 Å². The van der Waals surface area contributed by atoms with Gasteiger partial charge in [-0.3, -0.25) is 19.4 Å². The van der Waals surface area contributed by atoms with Crippen LogP contribution < -0.4 is 0 Å². The number of hydrogen-bond donors (Lipinski definition) is 0. The van der Waals surface area contributed by atoms with Crippen molar-refractivity contribution in [3.05, 3.63) is 64.9 Å². The van der Waals surface area contributed by atoms with Crippen LogP contribution in [0.2, 0.25) is 5.02 Å². The first-order valence-electron chi connectivity index (χ1n) is 8.52. The van der Waals surface area contributed by atoms with Crippen LogP contribution in [0.4, 0.5) is 0 Å². The Morgan fingerprint density at radius 3 is 2.30 bits per heavy atom. The summed E-state index contributed by atoms with van der Waals surface area (Å²) in [4.78, 5) is 41.8. The summed E-state index contributed by atoms with van der Waals surface area (Å²) in [5.74, 6) is -0.713. The minimum Gasteiger partial charge on any atom is -0.469 e. The maximum absolute atomic E-state index is 12.6. The average Bonchev–Trinajstić information content (AvgIpc) is 2.70. The fourth-order valence-electron chi connectivity index (χ4n) is 2.49.